The molecule has 0 aliphatic carbocycles. The van der Waals surface area contributed by atoms with Crippen LogP contribution in [0.15, 0.2) is 53.6 Å². The Morgan fingerprint density at radius 1 is 1.16 bits per heavy atom. The van der Waals surface area contributed by atoms with Crippen molar-refractivity contribution >= 4 is 21.9 Å². The molecule has 0 radical (unpaired) electrons. The van der Waals surface area contributed by atoms with Crippen molar-refractivity contribution in [3.8, 4) is 0 Å². The Hall–Kier alpha value is -2.65. The van der Waals surface area contributed by atoms with Gasteiger partial charge in [-0.1, -0.05) is 36.4 Å². The SMILES string of the molecule is CC(C)(C)OC(=O)N1C(C)(C)CC1(Cc1ccccc1)Nc1cccc(S(N)(=O)=O)n1. The molecular weight excluding hydrogens is 416 g/mol. The number of amides is 1. The fourth-order valence-electron chi connectivity index (χ4n) is 4.19. The van der Waals surface area contributed by atoms with Crippen LogP contribution in [-0.2, 0) is 21.2 Å². The summed E-state index contributed by atoms with van der Waals surface area (Å²) in [6.45, 7) is 9.40. The number of carbonyl (C=O) groups is 1. The van der Waals surface area contributed by atoms with E-state index < -0.39 is 32.9 Å². The number of likely N-dealkylation sites (tertiary alicyclic amines) is 1. The lowest BCUT2D eigenvalue weighted by atomic mass is 9.73. The average molecular weight is 447 g/mol. The lowest BCUT2D eigenvalue weighted by Gasteiger charge is -2.63. The molecule has 1 aliphatic heterocycles. The highest BCUT2D eigenvalue weighted by Crippen LogP contribution is 2.47. The Kier molecular flexibility index (Phi) is 5.79. The van der Waals surface area contributed by atoms with Crippen LogP contribution in [0.1, 0.15) is 46.6 Å². The van der Waals surface area contributed by atoms with Crippen molar-refractivity contribution in [3.63, 3.8) is 0 Å². The van der Waals surface area contributed by atoms with Crippen molar-refractivity contribution in [3.05, 3.63) is 54.1 Å². The van der Waals surface area contributed by atoms with E-state index in [-0.39, 0.29) is 5.03 Å². The highest BCUT2D eigenvalue weighted by Gasteiger charge is 2.60. The number of anilines is 1. The molecular formula is C22H30N4O4S. The van der Waals surface area contributed by atoms with Gasteiger partial charge in [0.1, 0.15) is 17.1 Å². The molecule has 0 spiro atoms. The monoisotopic (exact) mass is 446 g/mol. The summed E-state index contributed by atoms with van der Waals surface area (Å²) in [7, 11) is -3.96. The number of sulfonamides is 1. The second-order valence-electron chi connectivity index (χ2n) is 9.53. The fourth-order valence-corrected chi connectivity index (χ4v) is 4.69. The molecule has 9 heteroatoms. The van der Waals surface area contributed by atoms with Crippen molar-refractivity contribution in [2.24, 2.45) is 5.14 Å². The number of carbonyl (C=O) groups excluding carboxylic acids is 1. The van der Waals surface area contributed by atoms with Crippen molar-refractivity contribution in [1.82, 2.24) is 9.88 Å². The van der Waals surface area contributed by atoms with Crippen molar-refractivity contribution in [2.75, 3.05) is 5.32 Å². The lowest BCUT2D eigenvalue weighted by molar-refractivity contribution is -0.107. The maximum Gasteiger partial charge on any atom is 0.412 e. The molecule has 1 aliphatic rings. The minimum Gasteiger partial charge on any atom is -0.444 e. The topological polar surface area (TPSA) is 115 Å². The van der Waals surface area contributed by atoms with Crippen LogP contribution in [-0.4, -0.2) is 41.2 Å². The van der Waals surface area contributed by atoms with Gasteiger partial charge in [0.05, 0.1) is 0 Å². The summed E-state index contributed by atoms with van der Waals surface area (Å²) in [6, 6.07) is 14.3. The predicted octanol–water partition coefficient (Wildman–Crippen LogP) is 3.50. The Balaban J connectivity index is 2.03. The van der Waals surface area contributed by atoms with E-state index in [9.17, 15) is 13.2 Å². The zero-order chi connectivity index (χ0) is 23.1. The molecule has 1 aromatic carbocycles. The van der Waals surface area contributed by atoms with Gasteiger partial charge in [-0.2, -0.15) is 0 Å². The summed E-state index contributed by atoms with van der Waals surface area (Å²) in [4.78, 5) is 19.1. The van der Waals surface area contributed by atoms with E-state index >= 15 is 0 Å². The fraction of sp³-hybridized carbons (Fsp3) is 0.455. The van der Waals surface area contributed by atoms with Gasteiger partial charge in [-0.25, -0.2) is 23.3 Å². The minimum atomic E-state index is -3.96. The molecule has 8 nitrogen and oxygen atoms in total. The van der Waals surface area contributed by atoms with E-state index in [1.54, 1.807) is 17.0 Å². The van der Waals surface area contributed by atoms with Gasteiger partial charge < -0.3 is 10.1 Å². The van der Waals surface area contributed by atoms with E-state index in [0.29, 0.717) is 18.7 Å². The maximum absolute atomic E-state index is 13.2. The Labute approximate surface area is 183 Å². The van der Waals surface area contributed by atoms with Crippen LogP contribution in [0.4, 0.5) is 10.6 Å². The molecule has 0 bridgehead atoms. The number of pyridine rings is 1. The molecule has 1 unspecified atom stereocenters. The van der Waals surface area contributed by atoms with Gasteiger partial charge in [-0.05, 0) is 52.3 Å². The van der Waals surface area contributed by atoms with Gasteiger partial charge in [0.15, 0.2) is 5.03 Å². The molecule has 1 atom stereocenters. The van der Waals surface area contributed by atoms with Gasteiger partial charge in [0.2, 0.25) is 0 Å². The maximum atomic E-state index is 13.2. The summed E-state index contributed by atoms with van der Waals surface area (Å²) in [5.41, 5.74) is -0.965. The van der Waals surface area contributed by atoms with E-state index in [1.807, 2.05) is 65.0 Å². The smallest absolute Gasteiger partial charge is 0.412 e. The first kappa shape index (κ1) is 23.0. The van der Waals surface area contributed by atoms with E-state index in [1.165, 1.54) is 6.07 Å². The van der Waals surface area contributed by atoms with Crippen molar-refractivity contribution in [2.45, 2.75) is 69.3 Å². The molecule has 1 amide bonds. The molecule has 2 heterocycles. The standard InChI is InChI=1S/C22H30N4O4S/c1-20(2,3)30-19(27)26-21(4,5)15-22(26,14-16-10-7-6-8-11-16)25-17-12-9-13-18(24-17)31(23,28)29/h6-13H,14-15H2,1-5H3,(H,24,25)(H2,23,28,29). The van der Waals surface area contributed by atoms with Gasteiger partial charge in [0, 0.05) is 18.4 Å². The molecule has 1 aromatic heterocycles. The molecule has 1 saturated heterocycles. The van der Waals surface area contributed by atoms with E-state index in [4.69, 9.17) is 9.88 Å². The molecule has 168 valence electrons. The summed E-state index contributed by atoms with van der Waals surface area (Å²) < 4.78 is 29.2. The first-order chi connectivity index (χ1) is 14.2. The second kappa shape index (κ2) is 7.80. The molecule has 3 N–H and O–H groups in total. The Bertz CT molecular complexity index is 1060. The average Bonchev–Trinajstić information content (AvgIpc) is 2.59. The molecule has 31 heavy (non-hydrogen) atoms. The number of nitrogens with one attached hydrogen (secondary N) is 1. The minimum absolute atomic E-state index is 0.241. The first-order valence-corrected chi connectivity index (χ1v) is 11.6. The normalized spacial score (nSPS) is 20.6. The summed E-state index contributed by atoms with van der Waals surface area (Å²) >= 11 is 0. The third-order valence-corrected chi connectivity index (χ3v) is 5.86. The van der Waals surface area contributed by atoms with Crippen molar-refractivity contribution in [1.29, 1.82) is 0 Å². The van der Waals surface area contributed by atoms with Crippen LogP contribution in [0, 0.1) is 0 Å². The number of aromatic nitrogens is 1. The highest BCUT2D eigenvalue weighted by molar-refractivity contribution is 7.89. The van der Waals surface area contributed by atoms with Crippen LogP contribution in [0.5, 0.6) is 0 Å². The number of nitrogens with zero attached hydrogens (tertiary/aromatic N) is 2. The van der Waals surface area contributed by atoms with Crippen LogP contribution in [0.2, 0.25) is 0 Å². The Morgan fingerprint density at radius 2 is 1.81 bits per heavy atom. The first-order valence-electron chi connectivity index (χ1n) is 10.1. The number of nitrogens with two attached hydrogens (primary N) is 1. The van der Waals surface area contributed by atoms with E-state index in [2.05, 4.69) is 10.3 Å². The Morgan fingerprint density at radius 3 is 2.35 bits per heavy atom. The summed E-state index contributed by atoms with van der Waals surface area (Å²) in [5.74, 6) is 0.312. The third-order valence-electron chi connectivity index (χ3n) is 5.05. The van der Waals surface area contributed by atoms with E-state index in [0.717, 1.165) is 5.56 Å². The zero-order valence-electron chi connectivity index (χ0n) is 18.5. The molecule has 3 rings (SSSR count). The van der Waals surface area contributed by atoms with Gasteiger partial charge in [0.25, 0.3) is 10.0 Å². The highest BCUT2D eigenvalue weighted by atomic mass is 32.2. The molecule has 1 fully saturated rings. The second-order valence-corrected chi connectivity index (χ2v) is 11.0. The number of benzene rings is 1. The molecule has 0 saturated carbocycles. The number of hydrogen-bond acceptors (Lipinski definition) is 6. The van der Waals surface area contributed by atoms with Gasteiger partial charge in [-0.15, -0.1) is 0 Å². The number of primary sulfonamides is 1. The van der Waals surface area contributed by atoms with Crippen LogP contribution < -0.4 is 10.5 Å². The number of ether oxygens (including phenoxy) is 1. The van der Waals surface area contributed by atoms with Crippen LogP contribution in [0.25, 0.3) is 0 Å². The molecule has 2 aromatic rings. The summed E-state index contributed by atoms with van der Waals surface area (Å²) in [5, 5.41) is 8.32. The third kappa shape index (κ3) is 5.16. The number of hydrogen-bond donors (Lipinski definition) is 2. The zero-order valence-corrected chi connectivity index (χ0v) is 19.4. The number of rotatable bonds is 5. The van der Waals surface area contributed by atoms with Crippen molar-refractivity contribution < 1.29 is 17.9 Å². The van der Waals surface area contributed by atoms with Gasteiger partial charge in [-0.3, -0.25) is 4.90 Å². The van der Waals surface area contributed by atoms with Crippen LogP contribution >= 0.6 is 0 Å². The quantitative estimate of drug-likeness (QED) is 0.726. The predicted molar refractivity (Wildman–Crippen MR) is 119 cm³/mol. The van der Waals surface area contributed by atoms with Crippen LogP contribution in [0.3, 0.4) is 0 Å². The lowest BCUT2D eigenvalue weighted by Crippen LogP contribution is -2.77. The summed E-state index contributed by atoms with van der Waals surface area (Å²) in [6.07, 6.45) is 0.641. The largest absolute Gasteiger partial charge is 0.444 e. The van der Waals surface area contributed by atoms with Gasteiger partial charge >= 0.3 is 6.09 Å².